The fourth-order valence-corrected chi connectivity index (χ4v) is 0.759. The summed E-state index contributed by atoms with van der Waals surface area (Å²) < 4.78 is 4.27. The van der Waals surface area contributed by atoms with Crippen LogP contribution in [0.25, 0.3) is 0 Å². The molecule has 0 radical (unpaired) electrons. The monoisotopic (exact) mass is 210 g/mol. The Bertz CT molecular complexity index is 317. The van der Waals surface area contributed by atoms with Gasteiger partial charge in [0, 0.05) is 0 Å². The Hall–Kier alpha value is -0.595. The fraction of sp³-hybridized carbons (Fsp3) is 0. The maximum atomic E-state index is 9.07. The van der Waals surface area contributed by atoms with Crippen LogP contribution in [0.2, 0.25) is 0 Å². The van der Waals surface area contributed by atoms with E-state index >= 15 is 0 Å². The van der Waals surface area contributed by atoms with Crippen LogP contribution >= 0.6 is 0 Å². The molecule has 0 aromatic heterocycles. The van der Waals surface area contributed by atoms with E-state index in [1.54, 1.807) is 0 Å². The standard InChI is InChI=1S/C6H7BO6.Na.H/c8-3-1-2-4(13-7(11)12)6(10)5(3)9;;/h1-2,8-12H;;. The summed E-state index contributed by atoms with van der Waals surface area (Å²) in [6.45, 7) is 0. The molecule has 1 aromatic rings. The van der Waals surface area contributed by atoms with Gasteiger partial charge in [-0.3, -0.25) is 0 Å². The molecule has 1 aromatic carbocycles. The van der Waals surface area contributed by atoms with Crippen LogP contribution < -0.4 is 4.65 Å². The van der Waals surface area contributed by atoms with E-state index in [9.17, 15) is 0 Å². The molecule has 0 heterocycles. The first kappa shape index (κ1) is 13.4. The molecule has 8 heteroatoms. The zero-order chi connectivity index (χ0) is 10.0. The second kappa shape index (κ2) is 5.33. The molecule has 0 fully saturated rings. The molecular weight excluding hydrogens is 202 g/mol. The van der Waals surface area contributed by atoms with Crippen molar-refractivity contribution in [3.8, 4) is 23.0 Å². The van der Waals surface area contributed by atoms with Crippen molar-refractivity contribution in [3.63, 3.8) is 0 Å². The van der Waals surface area contributed by atoms with Crippen molar-refractivity contribution in [2.75, 3.05) is 0 Å². The summed E-state index contributed by atoms with van der Waals surface area (Å²) in [5, 5.41) is 43.6. The molecule has 5 N–H and O–H groups in total. The third kappa shape index (κ3) is 2.97. The Morgan fingerprint density at radius 2 is 1.57 bits per heavy atom. The molecule has 0 spiro atoms. The Kier molecular flexibility index (Phi) is 5.10. The Morgan fingerprint density at radius 3 is 2.07 bits per heavy atom. The second-order valence-corrected chi connectivity index (χ2v) is 2.22. The first-order chi connectivity index (χ1) is 6.02. The predicted molar refractivity (Wildman–Crippen MR) is 49.4 cm³/mol. The van der Waals surface area contributed by atoms with Gasteiger partial charge in [-0.05, 0) is 12.1 Å². The van der Waals surface area contributed by atoms with Crippen LogP contribution in [-0.4, -0.2) is 62.2 Å². The zero-order valence-electron chi connectivity index (χ0n) is 6.38. The molecule has 0 bridgehead atoms. The van der Waals surface area contributed by atoms with Crippen LogP contribution in [0.4, 0.5) is 0 Å². The van der Waals surface area contributed by atoms with Crippen molar-refractivity contribution in [1.29, 1.82) is 0 Å². The molecule has 0 unspecified atom stereocenters. The maximum absolute atomic E-state index is 9.07. The summed E-state index contributed by atoms with van der Waals surface area (Å²) >= 11 is 0. The van der Waals surface area contributed by atoms with Gasteiger partial charge in [-0.2, -0.15) is 0 Å². The number of aromatic hydroxyl groups is 3. The summed E-state index contributed by atoms with van der Waals surface area (Å²) in [6.07, 6.45) is 0. The van der Waals surface area contributed by atoms with Gasteiger partial charge in [0.1, 0.15) is 5.75 Å². The van der Waals surface area contributed by atoms with E-state index in [2.05, 4.69) is 4.65 Å². The normalized spacial score (nSPS) is 9.00. The van der Waals surface area contributed by atoms with E-state index in [-0.39, 0.29) is 35.3 Å². The second-order valence-electron chi connectivity index (χ2n) is 2.22. The third-order valence-corrected chi connectivity index (χ3v) is 1.33. The van der Waals surface area contributed by atoms with E-state index in [0.717, 1.165) is 12.1 Å². The minimum absolute atomic E-state index is 0. The molecule has 0 aliphatic heterocycles. The summed E-state index contributed by atoms with van der Waals surface area (Å²) in [4.78, 5) is 0. The van der Waals surface area contributed by atoms with Gasteiger partial charge in [-0.25, -0.2) is 0 Å². The quantitative estimate of drug-likeness (QED) is 0.300. The topological polar surface area (TPSA) is 110 Å². The van der Waals surface area contributed by atoms with Gasteiger partial charge in [0.25, 0.3) is 0 Å². The molecule has 0 aliphatic rings. The molecule has 0 atom stereocenters. The molecule has 14 heavy (non-hydrogen) atoms. The summed E-state index contributed by atoms with van der Waals surface area (Å²) in [7, 11) is -2.10. The first-order valence-electron chi connectivity index (χ1n) is 3.29. The fourth-order valence-electron chi connectivity index (χ4n) is 0.759. The van der Waals surface area contributed by atoms with E-state index in [0.29, 0.717) is 0 Å². The molecule has 0 amide bonds. The van der Waals surface area contributed by atoms with E-state index in [4.69, 9.17) is 25.4 Å². The van der Waals surface area contributed by atoms with Gasteiger partial charge in [0.15, 0.2) is 5.75 Å². The number of hydrogen-bond donors (Lipinski definition) is 5. The predicted octanol–water partition coefficient (Wildman–Crippen LogP) is -1.50. The Morgan fingerprint density at radius 1 is 1.00 bits per heavy atom. The van der Waals surface area contributed by atoms with E-state index in [1.165, 1.54) is 0 Å². The SMILES string of the molecule is OB(O)Oc1ccc(O)c(O)c1O.[NaH]. The zero-order valence-corrected chi connectivity index (χ0v) is 6.38. The van der Waals surface area contributed by atoms with Crippen molar-refractivity contribution in [3.05, 3.63) is 12.1 Å². The van der Waals surface area contributed by atoms with Crippen LogP contribution in [0.3, 0.4) is 0 Å². The number of hydrogen-bond acceptors (Lipinski definition) is 6. The van der Waals surface area contributed by atoms with Crippen molar-refractivity contribution in [2.45, 2.75) is 0 Å². The summed E-state index contributed by atoms with van der Waals surface area (Å²) in [5.74, 6) is -2.41. The summed E-state index contributed by atoms with van der Waals surface area (Å²) in [5.41, 5.74) is 0. The average Bonchev–Trinajstić information content (AvgIpc) is 2.06. The van der Waals surface area contributed by atoms with Gasteiger partial charge in [-0.1, -0.05) is 0 Å². The van der Waals surface area contributed by atoms with Gasteiger partial charge in [0.2, 0.25) is 11.5 Å². The van der Waals surface area contributed by atoms with Crippen LogP contribution in [0.5, 0.6) is 23.0 Å². The van der Waals surface area contributed by atoms with Crippen molar-refractivity contribution >= 4 is 36.9 Å². The van der Waals surface area contributed by atoms with Gasteiger partial charge in [-0.15, -0.1) is 0 Å². The van der Waals surface area contributed by atoms with Crippen molar-refractivity contribution in [1.82, 2.24) is 0 Å². The Balaban J connectivity index is 0.00000169. The summed E-state index contributed by atoms with van der Waals surface area (Å²) in [6, 6.07) is 2.11. The van der Waals surface area contributed by atoms with Gasteiger partial charge in [0.05, 0.1) is 0 Å². The molecule has 72 valence electrons. The number of phenolic OH excluding ortho intramolecular Hbond substituents is 3. The van der Waals surface area contributed by atoms with Crippen molar-refractivity contribution in [2.24, 2.45) is 0 Å². The first-order valence-corrected chi connectivity index (χ1v) is 3.29. The molecule has 1 rings (SSSR count). The van der Waals surface area contributed by atoms with Gasteiger partial charge >= 0.3 is 36.9 Å². The molecule has 0 aliphatic carbocycles. The number of phenols is 3. The molecule has 0 saturated heterocycles. The van der Waals surface area contributed by atoms with Crippen LogP contribution in [0.15, 0.2) is 12.1 Å². The molecular formula is C6H8BNaO6. The van der Waals surface area contributed by atoms with Crippen LogP contribution in [0.1, 0.15) is 0 Å². The minimum atomic E-state index is -2.10. The number of rotatable bonds is 2. The van der Waals surface area contributed by atoms with Gasteiger partial charge < -0.3 is 30.0 Å². The molecule has 0 saturated carbocycles. The average molecular weight is 210 g/mol. The Labute approximate surface area is 102 Å². The van der Waals surface area contributed by atoms with Crippen LogP contribution in [-0.2, 0) is 0 Å². The number of benzene rings is 1. The van der Waals surface area contributed by atoms with Crippen LogP contribution in [0, 0.1) is 0 Å². The van der Waals surface area contributed by atoms with E-state index in [1.807, 2.05) is 0 Å². The third-order valence-electron chi connectivity index (χ3n) is 1.33. The van der Waals surface area contributed by atoms with E-state index < -0.39 is 24.6 Å². The van der Waals surface area contributed by atoms with Crippen molar-refractivity contribution < 1.29 is 30.0 Å². The molecule has 6 nitrogen and oxygen atoms in total.